The minimum Gasteiger partial charge on any atom is -0.329 e. The van der Waals surface area contributed by atoms with Crippen molar-refractivity contribution < 1.29 is 13.2 Å². The average molecular weight is 375 g/mol. The summed E-state index contributed by atoms with van der Waals surface area (Å²) in [5.41, 5.74) is 9.26. The molecule has 7 heteroatoms. The minimum atomic E-state index is -3.63. The van der Waals surface area contributed by atoms with Gasteiger partial charge in [0.1, 0.15) is 0 Å². The molecule has 2 rings (SSSR count). The van der Waals surface area contributed by atoms with Gasteiger partial charge < -0.3 is 11.1 Å². The van der Waals surface area contributed by atoms with E-state index in [1.54, 1.807) is 12.1 Å². The van der Waals surface area contributed by atoms with Crippen LogP contribution in [0.1, 0.15) is 23.1 Å². The van der Waals surface area contributed by atoms with Crippen molar-refractivity contribution in [1.82, 2.24) is 4.72 Å². The molecule has 2 aromatic carbocycles. The second-order valence-electron chi connectivity index (χ2n) is 6.19. The monoisotopic (exact) mass is 375 g/mol. The number of carbonyl (C=O) groups is 1. The molecule has 0 atom stereocenters. The van der Waals surface area contributed by atoms with Crippen molar-refractivity contribution in [3.8, 4) is 0 Å². The van der Waals surface area contributed by atoms with Crippen LogP contribution in [0.2, 0.25) is 0 Å². The molecule has 1 amide bonds. The first-order valence-electron chi connectivity index (χ1n) is 8.47. The van der Waals surface area contributed by atoms with E-state index in [9.17, 15) is 13.2 Å². The Bertz CT molecular complexity index is 879. The zero-order chi connectivity index (χ0) is 19.2. The van der Waals surface area contributed by atoms with Crippen LogP contribution in [0.25, 0.3) is 0 Å². The van der Waals surface area contributed by atoms with Crippen LogP contribution >= 0.6 is 0 Å². The van der Waals surface area contributed by atoms with E-state index >= 15 is 0 Å². The van der Waals surface area contributed by atoms with Crippen molar-refractivity contribution >= 4 is 21.6 Å². The Morgan fingerprint density at radius 2 is 1.88 bits per heavy atom. The first kappa shape index (κ1) is 20.1. The van der Waals surface area contributed by atoms with Crippen LogP contribution in [0.5, 0.6) is 0 Å². The SMILES string of the molecule is Cc1ccc(CCC(=O)Nc2cccc(S(=O)(=O)NCCN)c2)c(C)c1. The predicted octanol–water partition coefficient (Wildman–Crippen LogP) is 2.11. The lowest BCUT2D eigenvalue weighted by molar-refractivity contribution is -0.116. The Hall–Kier alpha value is -2.22. The molecular formula is C19H25N3O3S. The summed E-state index contributed by atoms with van der Waals surface area (Å²) in [4.78, 5) is 12.3. The summed E-state index contributed by atoms with van der Waals surface area (Å²) in [6, 6.07) is 12.3. The third-order valence-electron chi connectivity index (χ3n) is 3.98. The van der Waals surface area contributed by atoms with Gasteiger partial charge in [-0.25, -0.2) is 13.1 Å². The Morgan fingerprint density at radius 3 is 2.58 bits per heavy atom. The maximum Gasteiger partial charge on any atom is 0.240 e. The Morgan fingerprint density at radius 1 is 1.12 bits per heavy atom. The zero-order valence-corrected chi connectivity index (χ0v) is 15.9. The number of nitrogens with one attached hydrogen (secondary N) is 2. The lowest BCUT2D eigenvalue weighted by atomic mass is 10.0. The number of hydrogen-bond acceptors (Lipinski definition) is 4. The van der Waals surface area contributed by atoms with Crippen LogP contribution in [-0.2, 0) is 21.2 Å². The highest BCUT2D eigenvalue weighted by Gasteiger charge is 2.14. The number of aryl methyl sites for hydroxylation is 3. The van der Waals surface area contributed by atoms with E-state index < -0.39 is 10.0 Å². The Balaban J connectivity index is 2.00. The molecule has 6 nitrogen and oxygen atoms in total. The molecule has 2 aromatic rings. The van der Waals surface area contributed by atoms with E-state index in [1.807, 2.05) is 26.0 Å². The van der Waals surface area contributed by atoms with Crippen molar-refractivity contribution in [3.63, 3.8) is 0 Å². The fourth-order valence-electron chi connectivity index (χ4n) is 2.62. The van der Waals surface area contributed by atoms with E-state index in [0.29, 0.717) is 18.5 Å². The molecule has 0 aliphatic rings. The highest BCUT2D eigenvalue weighted by atomic mass is 32.2. The number of anilines is 1. The number of benzene rings is 2. The van der Waals surface area contributed by atoms with Gasteiger partial charge in [-0.1, -0.05) is 29.8 Å². The molecule has 140 valence electrons. The van der Waals surface area contributed by atoms with Gasteiger partial charge in [0.25, 0.3) is 0 Å². The summed E-state index contributed by atoms with van der Waals surface area (Å²) >= 11 is 0. The first-order chi connectivity index (χ1) is 12.3. The van der Waals surface area contributed by atoms with Gasteiger partial charge in [0.15, 0.2) is 0 Å². The van der Waals surface area contributed by atoms with Crippen molar-refractivity contribution in [3.05, 3.63) is 59.2 Å². The van der Waals surface area contributed by atoms with Gasteiger partial charge in [-0.05, 0) is 49.6 Å². The summed E-state index contributed by atoms with van der Waals surface area (Å²) in [5.74, 6) is -0.158. The van der Waals surface area contributed by atoms with Crippen molar-refractivity contribution in [2.75, 3.05) is 18.4 Å². The van der Waals surface area contributed by atoms with Crippen LogP contribution in [0.3, 0.4) is 0 Å². The minimum absolute atomic E-state index is 0.0955. The van der Waals surface area contributed by atoms with Gasteiger partial charge in [0.05, 0.1) is 4.90 Å². The number of carbonyl (C=O) groups excluding carboxylic acids is 1. The maximum atomic E-state index is 12.2. The first-order valence-corrected chi connectivity index (χ1v) is 9.96. The van der Waals surface area contributed by atoms with Gasteiger partial charge in [-0.2, -0.15) is 0 Å². The number of amides is 1. The highest BCUT2D eigenvalue weighted by molar-refractivity contribution is 7.89. The topological polar surface area (TPSA) is 101 Å². The molecule has 0 aromatic heterocycles. The van der Waals surface area contributed by atoms with Crippen LogP contribution in [0.15, 0.2) is 47.4 Å². The quantitative estimate of drug-likeness (QED) is 0.658. The highest BCUT2D eigenvalue weighted by Crippen LogP contribution is 2.17. The smallest absolute Gasteiger partial charge is 0.240 e. The van der Waals surface area contributed by atoms with Crippen LogP contribution < -0.4 is 15.8 Å². The van der Waals surface area contributed by atoms with E-state index in [2.05, 4.69) is 16.1 Å². The standard InChI is InChI=1S/C19H25N3O3S/c1-14-6-7-16(15(2)12-14)8-9-19(23)22-17-4-3-5-18(13-17)26(24,25)21-11-10-20/h3-7,12-13,21H,8-11,20H2,1-2H3,(H,22,23). The fourth-order valence-corrected chi connectivity index (χ4v) is 3.71. The van der Waals surface area contributed by atoms with E-state index in [1.165, 1.54) is 17.7 Å². The predicted molar refractivity (Wildman–Crippen MR) is 104 cm³/mol. The fraction of sp³-hybridized carbons (Fsp3) is 0.316. The number of rotatable bonds is 8. The lowest BCUT2D eigenvalue weighted by Crippen LogP contribution is -2.29. The van der Waals surface area contributed by atoms with E-state index in [0.717, 1.165) is 11.1 Å². The van der Waals surface area contributed by atoms with E-state index in [4.69, 9.17) is 5.73 Å². The molecule has 4 N–H and O–H groups in total. The number of nitrogens with two attached hydrogens (primary N) is 1. The molecule has 0 unspecified atom stereocenters. The summed E-state index contributed by atoms with van der Waals surface area (Å²) in [7, 11) is -3.63. The largest absolute Gasteiger partial charge is 0.329 e. The normalized spacial score (nSPS) is 11.3. The molecule has 0 saturated carbocycles. The Kier molecular flexibility index (Phi) is 6.90. The molecule has 0 aliphatic heterocycles. The lowest BCUT2D eigenvalue weighted by Gasteiger charge is -2.10. The summed E-state index contributed by atoms with van der Waals surface area (Å²) in [6.07, 6.45) is 0.959. The second-order valence-corrected chi connectivity index (χ2v) is 7.96. The summed E-state index contributed by atoms with van der Waals surface area (Å²) in [6.45, 7) is 4.44. The molecule has 0 spiro atoms. The van der Waals surface area contributed by atoms with Crippen LogP contribution in [0.4, 0.5) is 5.69 Å². The van der Waals surface area contributed by atoms with Gasteiger partial charge in [0, 0.05) is 25.2 Å². The van der Waals surface area contributed by atoms with Crippen molar-refractivity contribution in [2.45, 2.75) is 31.6 Å². The third-order valence-corrected chi connectivity index (χ3v) is 5.44. The zero-order valence-electron chi connectivity index (χ0n) is 15.1. The third kappa shape index (κ3) is 5.66. The number of sulfonamides is 1. The van der Waals surface area contributed by atoms with Gasteiger partial charge in [0.2, 0.25) is 15.9 Å². The van der Waals surface area contributed by atoms with Gasteiger partial charge in [-0.3, -0.25) is 4.79 Å². The molecule has 0 saturated heterocycles. The average Bonchev–Trinajstić information content (AvgIpc) is 2.59. The summed E-state index contributed by atoms with van der Waals surface area (Å²) in [5, 5.41) is 2.76. The van der Waals surface area contributed by atoms with Crippen molar-refractivity contribution in [2.24, 2.45) is 5.73 Å². The molecule has 0 bridgehead atoms. The number of hydrogen-bond donors (Lipinski definition) is 3. The Labute approximate surface area is 154 Å². The van der Waals surface area contributed by atoms with Crippen LogP contribution in [0, 0.1) is 13.8 Å². The molecule has 26 heavy (non-hydrogen) atoms. The molecule has 0 fully saturated rings. The molecular weight excluding hydrogens is 350 g/mol. The molecule has 0 radical (unpaired) electrons. The van der Waals surface area contributed by atoms with Gasteiger partial charge >= 0.3 is 0 Å². The van der Waals surface area contributed by atoms with Crippen LogP contribution in [-0.4, -0.2) is 27.4 Å². The molecule has 0 aliphatic carbocycles. The maximum absolute atomic E-state index is 12.2. The second kappa shape index (κ2) is 8.93. The molecule has 0 heterocycles. The summed E-state index contributed by atoms with van der Waals surface area (Å²) < 4.78 is 26.6. The van der Waals surface area contributed by atoms with E-state index in [-0.39, 0.29) is 23.9 Å². The van der Waals surface area contributed by atoms with Gasteiger partial charge in [-0.15, -0.1) is 0 Å². The van der Waals surface area contributed by atoms with Crippen molar-refractivity contribution in [1.29, 1.82) is 0 Å².